The standard InChI is InChI=1S/C18H35NO2/c1-5-16(6-2)18(12-10-9-11-13-18)17(20)21-15-14-19(7-3)8-4/h16H,5-15H2,1-4H3. The van der Waals surface area contributed by atoms with E-state index >= 15 is 0 Å². The number of ether oxygens (including phenoxy) is 1. The lowest BCUT2D eigenvalue weighted by Gasteiger charge is -2.41. The lowest BCUT2D eigenvalue weighted by atomic mass is 9.64. The second-order valence-corrected chi connectivity index (χ2v) is 6.39. The number of hydrogen-bond acceptors (Lipinski definition) is 3. The molecule has 0 radical (unpaired) electrons. The van der Waals surface area contributed by atoms with E-state index in [1.54, 1.807) is 0 Å². The van der Waals surface area contributed by atoms with E-state index in [1.807, 2.05) is 0 Å². The fraction of sp³-hybridized carbons (Fsp3) is 0.944. The second-order valence-electron chi connectivity index (χ2n) is 6.39. The molecule has 21 heavy (non-hydrogen) atoms. The second kappa shape index (κ2) is 9.45. The van der Waals surface area contributed by atoms with Crippen LogP contribution in [0.2, 0.25) is 0 Å². The smallest absolute Gasteiger partial charge is 0.312 e. The molecule has 0 aromatic heterocycles. The summed E-state index contributed by atoms with van der Waals surface area (Å²) >= 11 is 0. The molecule has 0 unspecified atom stereocenters. The van der Waals surface area contributed by atoms with E-state index in [4.69, 9.17) is 4.74 Å². The summed E-state index contributed by atoms with van der Waals surface area (Å²) in [5.41, 5.74) is -0.189. The molecule has 124 valence electrons. The predicted molar refractivity (Wildman–Crippen MR) is 88.3 cm³/mol. The normalized spacial score (nSPS) is 18.2. The number of esters is 1. The molecule has 3 heteroatoms. The highest BCUT2D eigenvalue weighted by atomic mass is 16.5. The lowest BCUT2D eigenvalue weighted by molar-refractivity contribution is -0.163. The van der Waals surface area contributed by atoms with Crippen LogP contribution in [0.5, 0.6) is 0 Å². The number of carbonyl (C=O) groups excluding carboxylic acids is 1. The first-order chi connectivity index (χ1) is 10.1. The summed E-state index contributed by atoms with van der Waals surface area (Å²) in [5, 5.41) is 0. The molecule has 0 spiro atoms. The van der Waals surface area contributed by atoms with E-state index in [1.165, 1.54) is 19.3 Å². The Kier molecular flexibility index (Phi) is 8.31. The van der Waals surface area contributed by atoms with Crippen molar-refractivity contribution in [1.29, 1.82) is 0 Å². The van der Waals surface area contributed by atoms with Crippen molar-refractivity contribution in [2.24, 2.45) is 11.3 Å². The van der Waals surface area contributed by atoms with E-state index in [9.17, 15) is 4.79 Å². The van der Waals surface area contributed by atoms with Gasteiger partial charge in [-0.1, -0.05) is 59.8 Å². The van der Waals surface area contributed by atoms with Crippen molar-refractivity contribution in [2.45, 2.75) is 72.6 Å². The molecule has 1 aliphatic carbocycles. The topological polar surface area (TPSA) is 29.5 Å². The zero-order valence-corrected chi connectivity index (χ0v) is 14.6. The van der Waals surface area contributed by atoms with Crippen molar-refractivity contribution < 1.29 is 9.53 Å². The van der Waals surface area contributed by atoms with Crippen LogP contribution < -0.4 is 0 Å². The molecule has 0 saturated heterocycles. The molecule has 1 aliphatic rings. The minimum atomic E-state index is -0.189. The van der Waals surface area contributed by atoms with Crippen molar-refractivity contribution in [2.75, 3.05) is 26.2 Å². The van der Waals surface area contributed by atoms with Gasteiger partial charge < -0.3 is 9.64 Å². The van der Waals surface area contributed by atoms with E-state index in [-0.39, 0.29) is 11.4 Å². The first-order valence-corrected chi connectivity index (χ1v) is 9.04. The van der Waals surface area contributed by atoms with E-state index < -0.39 is 0 Å². The molecule has 1 saturated carbocycles. The van der Waals surface area contributed by atoms with Crippen LogP contribution in [-0.4, -0.2) is 37.1 Å². The van der Waals surface area contributed by atoms with Gasteiger partial charge in [-0.05, 0) is 31.8 Å². The average molecular weight is 297 g/mol. The number of likely N-dealkylation sites (N-methyl/N-ethyl adjacent to an activating group) is 1. The highest BCUT2D eigenvalue weighted by Crippen LogP contribution is 2.46. The number of carbonyl (C=O) groups is 1. The van der Waals surface area contributed by atoms with Gasteiger partial charge in [0, 0.05) is 6.54 Å². The highest BCUT2D eigenvalue weighted by molar-refractivity contribution is 5.77. The molecule has 1 fully saturated rings. The van der Waals surface area contributed by atoms with Gasteiger partial charge in [0.05, 0.1) is 5.41 Å². The van der Waals surface area contributed by atoms with E-state index in [0.717, 1.165) is 45.3 Å². The fourth-order valence-corrected chi connectivity index (χ4v) is 3.98. The SMILES string of the molecule is CCC(CC)C1(C(=O)OCCN(CC)CC)CCCCC1. The number of nitrogens with zero attached hydrogens (tertiary/aromatic N) is 1. The summed E-state index contributed by atoms with van der Waals surface area (Å²) in [7, 11) is 0. The van der Waals surface area contributed by atoms with Gasteiger partial charge in [0.2, 0.25) is 0 Å². The van der Waals surface area contributed by atoms with Gasteiger partial charge in [0.25, 0.3) is 0 Å². The Morgan fingerprint density at radius 1 is 1.05 bits per heavy atom. The highest BCUT2D eigenvalue weighted by Gasteiger charge is 2.45. The Balaban J connectivity index is 2.63. The minimum absolute atomic E-state index is 0.0862. The molecule has 0 amide bonds. The van der Waals surface area contributed by atoms with Gasteiger partial charge in [0.1, 0.15) is 6.61 Å². The Morgan fingerprint density at radius 2 is 1.62 bits per heavy atom. The predicted octanol–water partition coefficient (Wildman–Crippen LogP) is 4.26. The molecule has 0 bridgehead atoms. The Morgan fingerprint density at radius 3 is 2.10 bits per heavy atom. The third-order valence-electron chi connectivity index (χ3n) is 5.45. The van der Waals surface area contributed by atoms with Gasteiger partial charge in [-0.2, -0.15) is 0 Å². The molecule has 0 aromatic carbocycles. The third kappa shape index (κ3) is 4.70. The Labute approximate surface area is 131 Å². The Bertz CT molecular complexity index is 290. The third-order valence-corrected chi connectivity index (χ3v) is 5.45. The van der Waals surface area contributed by atoms with Crippen LogP contribution in [0.3, 0.4) is 0 Å². The summed E-state index contributed by atoms with van der Waals surface area (Å²) in [6, 6.07) is 0. The van der Waals surface area contributed by atoms with Crippen LogP contribution in [0.1, 0.15) is 72.6 Å². The molecule has 0 atom stereocenters. The summed E-state index contributed by atoms with van der Waals surface area (Å²) in [5.74, 6) is 0.571. The van der Waals surface area contributed by atoms with E-state index in [2.05, 4.69) is 32.6 Å². The monoisotopic (exact) mass is 297 g/mol. The van der Waals surface area contributed by atoms with Crippen molar-refractivity contribution in [1.82, 2.24) is 4.90 Å². The van der Waals surface area contributed by atoms with Crippen molar-refractivity contribution in [3.63, 3.8) is 0 Å². The van der Waals surface area contributed by atoms with Crippen molar-refractivity contribution in [3.05, 3.63) is 0 Å². The summed E-state index contributed by atoms with van der Waals surface area (Å²) in [4.78, 5) is 15.1. The quantitative estimate of drug-likeness (QED) is 0.596. The molecule has 0 aliphatic heterocycles. The molecule has 1 rings (SSSR count). The van der Waals surface area contributed by atoms with Crippen LogP contribution >= 0.6 is 0 Å². The zero-order valence-electron chi connectivity index (χ0n) is 14.6. The zero-order chi connectivity index (χ0) is 15.7. The minimum Gasteiger partial charge on any atom is -0.464 e. The summed E-state index contributed by atoms with van der Waals surface area (Å²) in [6.07, 6.45) is 7.87. The van der Waals surface area contributed by atoms with Crippen molar-refractivity contribution in [3.8, 4) is 0 Å². The van der Waals surface area contributed by atoms with Crippen molar-refractivity contribution >= 4 is 5.97 Å². The summed E-state index contributed by atoms with van der Waals surface area (Å²) in [6.45, 7) is 12.2. The molecular formula is C18H35NO2. The fourth-order valence-electron chi connectivity index (χ4n) is 3.98. The molecule has 0 heterocycles. The molecule has 0 aromatic rings. The molecular weight excluding hydrogens is 262 g/mol. The lowest BCUT2D eigenvalue weighted by Crippen LogP contribution is -2.42. The number of hydrogen-bond donors (Lipinski definition) is 0. The number of rotatable bonds is 9. The van der Waals surface area contributed by atoms with E-state index in [0.29, 0.717) is 12.5 Å². The van der Waals surface area contributed by atoms with Crippen LogP contribution in [-0.2, 0) is 9.53 Å². The maximum Gasteiger partial charge on any atom is 0.312 e. The van der Waals surface area contributed by atoms with Gasteiger partial charge in [0.15, 0.2) is 0 Å². The van der Waals surface area contributed by atoms with Crippen LogP contribution in [0.15, 0.2) is 0 Å². The first-order valence-electron chi connectivity index (χ1n) is 9.04. The van der Waals surface area contributed by atoms with Gasteiger partial charge >= 0.3 is 5.97 Å². The summed E-state index contributed by atoms with van der Waals surface area (Å²) < 4.78 is 5.72. The first kappa shape index (κ1) is 18.5. The Hall–Kier alpha value is -0.570. The van der Waals surface area contributed by atoms with Crippen LogP contribution in [0.25, 0.3) is 0 Å². The van der Waals surface area contributed by atoms with Crippen LogP contribution in [0, 0.1) is 11.3 Å². The average Bonchev–Trinajstić information content (AvgIpc) is 2.53. The molecule has 3 nitrogen and oxygen atoms in total. The van der Waals surface area contributed by atoms with Crippen LogP contribution in [0.4, 0.5) is 0 Å². The molecule has 0 N–H and O–H groups in total. The largest absolute Gasteiger partial charge is 0.464 e. The van der Waals surface area contributed by atoms with Gasteiger partial charge in [-0.3, -0.25) is 4.79 Å². The maximum atomic E-state index is 12.8. The van der Waals surface area contributed by atoms with Gasteiger partial charge in [-0.25, -0.2) is 0 Å². The maximum absolute atomic E-state index is 12.8. The van der Waals surface area contributed by atoms with Gasteiger partial charge in [-0.15, -0.1) is 0 Å².